The van der Waals surface area contributed by atoms with Crippen molar-refractivity contribution in [2.75, 3.05) is 4.72 Å². The van der Waals surface area contributed by atoms with Gasteiger partial charge in [-0.2, -0.15) is 31.4 Å². The van der Waals surface area contributed by atoms with Crippen molar-refractivity contribution in [3.05, 3.63) is 94.9 Å². The van der Waals surface area contributed by atoms with E-state index in [0.29, 0.717) is 21.1 Å². The number of hydrogen-bond acceptors (Lipinski definition) is 6. The Morgan fingerprint density at radius 2 is 1.55 bits per heavy atom. The highest BCUT2D eigenvalue weighted by Crippen LogP contribution is 2.34. The Kier molecular flexibility index (Phi) is 6.76. The van der Waals surface area contributed by atoms with Crippen molar-refractivity contribution in [2.45, 2.75) is 16.6 Å². The van der Waals surface area contributed by atoms with Crippen molar-refractivity contribution < 1.29 is 34.8 Å². The molecule has 40 heavy (non-hydrogen) atoms. The van der Waals surface area contributed by atoms with Crippen molar-refractivity contribution in [1.82, 2.24) is 19.6 Å². The number of rotatable bonds is 4. The van der Waals surface area contributed by atoms with E-state index >= 15 is 0 Å². The summed E-state index contributed by atoms with van der Waals surface area (Å²) in [5.41, 5.74) is -2.32. The SMILES string of the molecule is O=S(=O)(Nc1ccncc1)c1ccc(C#Cc2cc3nc(-c4ccc(C(F)(F)F)cc4)cc(C(F)(F)F)n3n2)s1. The van der Waals surface area contributed by atoms with Crippen LogP contribution in [0.1, 0.15) is 21.8 Å². The van der Waals surface area contributed by atoms with Gasteiger partial charge in [-0.05, 0) is 54.3 Å². The number of fused-ring (bicyclic) bond motifs is 1. The van der Waals surface area contributed by atoms with Crippen LogP contribution in [0.15, 0.2) is 77.3 Å². The molecule has 0 saturated heterocycles. The van der Waals surface area contributed by atoms with Crippen molar-refractivity contribution >= 4 is 32.7 Å². The van der Waals surface area contributed by atoms with E-state index in [4.69, 9.17) is 0 Å². The van der Waals surface area contributed by atoms with Crippen LogP contribution >= 0.6 is 11.3 Å². The molecular weight excluding hydrogens is 580 g/mol. The van der Waals surface area contributed by atoms with Gasteiger partial charge in [0.2, 0.25) is 0 Å². The quantitative estimate of drug-likeness (QED) is 0.201. The Morgan fingerprint density at radius 1 is 0.850 bits per heavy atom. The molecule has 1 aromatic carbocycles. The van der Waals surface area contributed by atoms with Crippen molar-refractivity contribution in [3.8, 4) is 23.1 Å². The van der Waals surface area contributed by atoms with Gasteiger partial charge in [0.1, 0.15) is 9.90 Å². The summed E-state index contributed by atoms with van der Waals surface area (Å²) in [7, 11) is -3.90. The van der Waals surface area contributed by atoms with E-state index in [1.807, 2.05) is 0 Å². The van der Waals surface area contributed by atoms with Gasteiger partial charge in [0.25, 0.3) is 10.0 Å². The lowest BCUT2D eigenvalue weighted by molar-refractivity contribution is -0.142. The van der Waals surface area contributed by atoms with E-state index in [0.717, 1.165) is 35.6 Å². The third-order valence-electron chi connectivity index (χ3n) is 5.32. The Balaban J connectivity index is 1.46. The number of benzene rings is 1. The van der Waals surface area contributed by atoms with Crippen LogP contribution < -0.4 is 4.72 Å². The number of nitrogens with one attached hydrogen (secondary N) is 1. The molecule has 1 N–H and O–H groups in total. The number of thiophene rings is 1. The van der Waals surface area contributed by atoms with Gasteiger partial charge < -0.3 is 0 Å². The fraction of sp³-hybridized carbons (Fsp3) is 0.0800. The van der Waals surface area contributed by atoms with Crippen LogP contribution in [0.3, 0.4) is 0 Å². The van der Waals surface area contributed by atoms with E-state index in [-0.39, 0.29) is 26.8 Å². The summed E-state index contributed by atoms with van der Waals surface area (Å²) < 4.78 is 108. The predicted molar refractivity (Wildman–Crippen MR) is 134 cm³/mol. The Bertz CT molecular complexity index is 1870. The summed E-state index contributed by atoms with van der Waals surface area (Å²) in [4.78, 5) is 8.24. The van der Waals surface area contributed by atoms with E-state index in [9.17, 15) is 34.8 Å². The number of anilines is 1. The van der Waals surface area contributed by atoms with Gasteiger partial charge in [0.05, 0.1) is 21.8 Å². The lowest BCUT2D eigenvalue weighted by Crippen LogP contribution is -2.13. The lowest BCUT2D eigenvalue weighted by Gasteiger charge is -2.11. The van der Waals surface area contributed by atoms with Crippen LogP contribution in [0.2, 0.25) is 0 Å². The molecule has 15 heteroatoms. The van der Waals surface area contributed by atoms with E-state index in [1.165, 1.54) is 42.7 Å². The number of halogens is 6. The highest BCUT2D eigenvalue weighted by Gasteiger charge is 2.35. The molecule has 4 heterocycles. The average Bonchev–Trinajstić information content (AvgIpc) is 3.53. The standard InChI is InChI=1S/C25H13F6N5O2S2/c26-24(27,28)16-3-1-15(2-4-16)20-14-21(25(29,30)31)36-22(33-20)13-18(34-36)5-6-19-7-8-23(39-19)40(37,38)35-17-9-11-32-12-10-17/h1-4,7-14H,(H,32,35). The predicted octanol–water partition coefficient (Wildman–Crippen LogP) is 6.09. The molecule has 4 aromatic heterocycles. The molecule has 5 rings (SSSR count). The van der Waals surface area contributed by atoms with Crippen molar-refractivity contribution in [2.24, 2.45) is 0 Å². The second kappa shape index (κ2) is 9.96. The van der Waals surface area contributed by atoms with Crippen LogP contribution in [0.4, 0.5) is 32.0 Å². The van der Waals surface area contributed by atoms with Gasteiger partial charge in [0.15, 0.2) is 11.3 Å². The molecule has 0 aliphatic rings. The summed E-state index contributed by atoms with van der Waals surface area (Å²) in [5.74, 6) is 5.28. The van der Waals surface area contributed by atoms with Gasteiger partial charge in [-0.3, -0.25) is 9.71 Å². The summed E-state index contributed by atoms with van der Waals surface area (Å²) in [6.45, 7) is 0. The van der Waals surface area contributed by atoms with Crippen LogP contribution in [-0.4, -0.2) is 28.0 Å². The van der Waals surface area contributed by atoms with E-state index in [1.54, 1.807) is 0 Å². The van der Waals surface area contributed by atoms with Gasteiger partial charge >= 0.3 is 12.4 Å². The summed E-state index contributed by atoms with van der Waals surface area (Å²) in [6, 6.07) is 11.2. The highest BCUT2D eigenvalue weighted by molar-refractivity contribution is 7.94. The van der Waals surface area contributed by atoms with Crippen LogP contribution in [0.25, 0.3) is 16.9 Å². The molecule has 0 fully saturated rings. The van der Waals surface area contributed by atoms with E-state index < -0.39 is 33.6 Å². The number of alkyl halides is 6. The number of pyridine rings is 1. The molecule has 204 valence electrons. The molecule has 7 nitrogen and oxygen atoms in total. The Morgan fingerprint density at radius 3 is 2.20 bits per heavy atom. The first-order chi connectivity index (χ1) is 18.8. The van der Waals surface area contributed by atoms with Gasteiger partial charge in [-0.15, -0.1) is 11.3 Å². The second-order valence-corrected chi connectivity index (χ2v) is 11.1. The zero-order valence-electron chi connectivity index (χ0n) is 19.6. The maximum atomic E-state index is 13.8. The Hall–Kier alpha value is -4.42. The topological polar surface area (TPSA) is 89.2 Å². The maximum Gasteiger partial charge on any atom is 0.433 e. The van der Waals surface area contributed by atoms with Crippen LogP contribution in [0.5, 0.6) is 0 Å². The first-order valence-electron chi connectivity index (χ1n) is 11.0. The molecule has 0 atom stereocenters. The normalized spacial score (nSPS) is 12.2. The first-order valence-corrected chi connectivity index (χ1v) is 13.3. The van der Waals surface area contributed by atoms with Gasteiger partial charge in [-0.1, -0.05) is 12.1 Å². The summed E-state index contributed by atoms with van der Waals surface area (Å²) in [6.07, 6.45) is -6.62. The molecule has 0 radical (unpaired) electrons. The number of aromatic nitrogens is 4. The third kappa shape index (κ3) is 5.77. The molecule has 0 bridgehead atoms. The van der Waals surface area contributed by atoms with E-state index in [2.05, 4.69) is 31.6 Å². The van der Waals surface area contributed by atoms with Crippen molar-refractivity contribution in [3.63, 3.8) is 0 Å². The zero-order chi connectivity index (χ0) is 28.7. The fourth-order valence-electron chi connectivity index (χ4n) is 3.50. The minimum atomic E-state index is -4.86. The summed E-state index contributed by atoms with van der Waals surface area (Å²) >= 11 is 0.845. The molecular formula is C25H13F6N5O2S2. The molecule has 0 aliphatic heterocycles. The molecule has 5 aromatic rings. The fourth-order valence-corrected chi connectivity index (χ4v) is 5.72. The zero-order valence-corrected chi connectivity index (χ0v) is 21.3. The molecule has 0 amide bonds. The molecule has 0 unspecified atom stereocenters. The number of nitrogens with zero attached hydrogens (tertiary/aromatic N) is 4. The summed E-state index contributed by atoms with van der Waals surface area (Å²) in [5, 5.41) is 3.87. The number of sulfonamides is 1. The van der Waals surface area contributed by atoms with Gasteiger partial charge in [0, 0.05) is 24.0 Å². The van der Waals surface area contributed by atoms with Gasteiger partial charge in [-0.25, -0.2) is 17.9 Å². The molecule has 0 spiro atoms. The van der Waals surface area contributed by atoms with Crippen LogP contribution in [-0.2, 0) is 22.4 Å². The number of hydrogen-bond donors (Lipinski definition) is 1. The minimum Gasteiger partial charge on any atom is -0.279 e. The maximum absolute atomic E-state index is 13.8. The highest BCUT2D eigenvalue weighted by atomic mass is 32.2. The molecule has 0 saturated carbocycles. The minimum absolute atomic E-state index is 0.0363. The second-order valence-electron chi connectivity index (χ2n) is 8.11. The smallest absolute Gasteiger partial charge is 0.279 e. The Labute approximate surface area is 226 Å². The molecule has 0 aliphatic carbocycles. The third-order valence-corrected chi connectivity index (χ3v) is 8.19. The first kappa shape index (κ1) is 27.2. The monoisotopic (exact) mass is 593 g/mol. The van der Waals surface area contributed by atoms with Crippen molar-refractivity contribution in [1.29, 1.82) is 0 Å². The largest absolute Gasteiger partial charge is 0.433 e. The lowest BCUT2D eigenvalue weighted by atomic mass is 10.1. The van der Waals surface area contributed by atoms with Crippen LogP contribution in [0, 0.1) is 11.8 Å². The average molecular weight is 594 g/mol.